The van der Waals surface area contributed by atoms with Crippen LogP contribution in [0.2, 0.25) is 0 Å². The van der Waals surface area contributed by atoms with Crippen molar-refractivity contribution < 1.29 is 9.13 Å². The largest absolute Gasteiger partial charge is 0.381 e. The van der Waals surface area contributed by atoms with Crippen LogP contribution in [0.5, 0.6) is 0 Å². The van der Waals surface area contributed by atoms with Crippen molar-refractivity contribution >= 4 is 11.2 Å². The number of nitrogens with zero attached hydrogens (tertiary/aromatic N) is 4. The van der Waals surface area contributed by atoms with Crippen molar-refractivity contribution in [2.24, 2.45) is 0 Å². The lowest BCUT2D eigenvalue weighted by atomic mass is 9.98. The molecule has 0 amide bonds. The lowest BCUT2D eigenvalue weighted by Gasteiger charge is -2.21. The minimum atomic E-state index is -0.248. The van der Waals surface area contributed by atoms with Gasteiger partial charge in [0, 0.05) is 24.7 Å². The molecule has 0 unspecified atom stereocenters. The van der Waals surface area contributed by atoms with Crippen LogP contribution in [0.1, 0.15) is 60.3 Å². The third-order valence-electron chi connectivity index (χ3n) is 5.84. The predicted molar refractivity (Wildman–Crippen MR) is 105 cm³/mol. The fourth-order valence-electron chi connectivity index (χ4n) is 3.85. The Labute approximate surface area is 163 Å². The molecule has 3 aromatic rings. The average molecular weight is 378 g/mol. The number of fused-ring (bicyclic) bond motifs is 1. The number of ether oxygens (including phenoxy) is 1. The van der Waals surface area contributed by atoms with Crippen LogP contribution in [0.25, 0.3) is 22.4 Å². The predicted octanol–water partition coefficient (Wildman–Crippen LogP) is 4.61. The topological polar surface area (TPSA) is 60.8 Å². The quantitative estimate of drug-likeness (QED) is 0.666. The van der Waals surface area contributed by atoms with E-state index in [9.17, 15) is 0 Å². The van der Waals surface area contributed by atoms with E-state index in [4.69, 9.17) is 14.7 Å². The van der Waals surface area contributed by atoms with Crippen LogP contribution >= 0.6 is 0 Å². The summed E-state index contributed by atoms with van der Waals surface area (Å²) in [6.45, 7) is 5.22. The van der Waals surface area contributed by atoms with Gasteiger partial charge in [0.25, 0.3) is 0 Å². The van der Waals surface area contributed by atoms with Crippen LogP contribution in [-0.4, -0.2) is 33.1 Å². The summed E-state index contributed by atoms with van der Waals surface area (Å²) in [6, 6.07) is 5.52. The highest BCUT2D eigenvalue weighted by Gasteiger charge is 2.26. The molecule has 5 nitrogen and oxygen atoms in total. The van der Waals surface area contributed by atoms with Gasteiger partial charge in [-0.05, 0) is 63.1 Å². The summed E-state index contributed by atoms with van der Waals surface area (Å²) in [7, 11) is 0. The molecule has 2 aromatic heterocycles. The second kappa shape index (κ2) is 6.85. The summed E-state index contributed by atoms with van der Waals surface area (Å²) in [5.41, 5.74) is 4.84. The van der Waals surface area contributed by atoms with Gasteiger partial charge in [0.15, 0.2) is 5.65 Å². The SMILES string of the molecule is Cc1nc2nc(C3CCOCC3)nc(-c3ccc(C4CC4)cc3F)c2nc1C. The van der Waals surface area contributed by atoms with Gasteiger partial charge >= 0.3 is 0 Å². The maximum Gasteiger partial charge on any atom is 0.182 e. The molecule has 5 rings (SSSR count). The van der Waals surface area contributed by atoms with Gasteiger partial charge in [0.1, 0.15) is 22.9 Å². The maximum absolute atomic E-state index is 15.1. The molecule has 2 fully saturated rings. The molecule has 0 spiro atoms. The molecule has 0 bridgehead atoms. The van der Waals surface area contributed by atoms with Crippen LogP contribution in [0.4, 0.5) is 4.39 Å². The molecule has 2 aliphatic rings. The lowest BCUT2D eigenvalue weighted by molar-refractivity contribution is 0.0836. The van der Waals surface area contributed by atoms with Crippen molar-refractivity contribution in [1.82, 2.24) is 19.9 Å². The first-order valence-electron chi connectivity index (χ1n) is 10.0. The van der Waals surface area contributed by atoms with E-state index >= 15 is 4.39 Å². The van der Waals surface area contributed by atoms with E-state index in [1.165, 1.54) is 0 Å². The molecule has 1 aliphatic carbocycles. The zero-order valence-electron chi connectivity index (χ0n) is 16.2. The smallest absolute Gasteiger partial charge is 0.182 e. The van der Waals surface area contributed by atoms with Crippen LogP contribution in [0, 0.1) is 19.7 Å². The molecule has 1 saturated heterocycles. The summed E-state index contributed by atoms with van der Waals surface area (Å²) < 4.78 is 20.6. The van der Waals surface area contributed by atoms with Gasteiger partial charge in [0.05, 0.1) is 11.4 Å². The monoisotopic (exact) mass is 378 g/mol. The van der Waals surface area contributed by atoms with Gasteiger partial charge < -0.3 is 4.74 Å². The third kappa shape index (κ3) is 3.15. The van der Waals surface area contributed by atoms with E-state index in [0.29, 0.717) is 47.4 Å². The first-order valence-corrected chi connectivity index (χ1v) is 10.0. The first-order chi connectivity index (χ1) is 13.6. The van der Waals surface area contributed by atoms with E-state index < -0.39 is 0 Å². The fraction of sp³-hybridized carbons (Fsp3) is 0.455. The number of hydrogen-bond donors (Lipinski definition) is 0. The van der Waals surface area contributed by atoms with E-state index in [1.807, 2.05) is 26.0 Å². The van der Waals surface area contributed by atoms with Crippen LogP contribution in [-0.2, 0) is 4.74 Å². The van der Waals surface area contributed by atoms with Gasteiger partial charge in [0.2, 0.25) is 0 Å². The average Bonchev–Trinajstić information content (AvgIpc) is 3.54. The number of aromatic nitrogens is 4. The van der Waals surface area contributed by atoms with Crippen molar-refractivity contribution in [3.63, 3.8) is 0 Å². The summed E-state index contributed by atoms with van der Waals surface area (Å²) in [6.07, 6.45) is 4.03. The molecule has 144 valence electrons. The zero-order valence-corrected chi connectivity index (χ0v) is 16.2. The molecule has 1 saturated carbocycles. The third-order valence-corrected chi connectivity index (χ3v) is 5.84. The number of rotatable bonds is 3. The summed E-state index contributed by atoms with van der Waals surface area (Å²) in [4.78, 5) is 18.8. The maximum atomic E-state index is 15.1. The minimum Gasteiger partial charge on any atom is -0.381 e. The van der Waals surface area contributed by atoms with Crippen LogP contribution in [0.15, 0.2) is 18.2 Å². The van der Waals surface area contributed by atoms with Gasteiger partial charge in [-0.15, -0.1) is 0 Å². The lowest BCUT2D eigenvalue weighted by Crippen LogP contribution is -2.17. The Kier molecular flexibility index (Phi) is 4.31. The molecule has 28 heavy (non-hydrogen) atoms. The number of aryl methyl sites for hydroxylation is 2. The summed E-state index contributed by atoms with van der Waals surface area (Å²) in [5, 5.41) is 0. The Bertz CT molecular complexity index is 1060. The van der Waals surface area contributed by atoms with E-state index in [0.717, 1.165) is 42.6 Å². The first kappa shape index (κ1) is 17.6. The fourth-order valence-corrected chi connectivity index (χ4v) is 3.85. The Hall–Kier alpha value is -2.47. The van der Waals surface area contributed by atoms with Crippen molar-refractivity contribution in [2.75, 3.05) is 13.2 Å². The standard InChI is InChI=1S/C22H23FN4O/c1-12-13(2)25-22-20(24-12)19(26-21(27-22)15-7-9-28-10-8-15)17-6-5-16(11-18(17)23)14-3-4-14/h5-6,11,14-15H,3-4,7-10H2,1-2H3. The summed E-state index contributed by atoms with van der Waals surface area (Å²) >= 11 is 0. The Morgan fingerprint density at radius 1 is 0.893 bits per heavy atom. The molecule has 0 atom stereocenters. The van der Waals surface area contributed by atoms with E-state index in [2.05, 4.69) is 9.97 Å². The van der Waals surface area contributed by atoms with Crippen molar-refractivity contribution in [3.8, 4) is 11.3 Å². The Morgan fingerprint density at radius 2 is 1.64 bits per heavy atom. The van der Waals surface area contributed by atoms with Gasteiger partial charge in [-0.2, -0.15) is 0 Å². The Balaban J connectivity index is 1.70. The van der Waals surface area contributed by atoms with Crippen LogP contribution in [0.3, 0.4) is 0 Å². The molecule has 3 heterocycles. The zero-order chi connectivity index (χ0) is 19.3. The van der Waals surface area contributed by atoms with Gasteiger partial charge in [-0.3, -0.25) is 0 Å². The normalized spacial score (nSPS) is 18.0. The van der Waals surface area contributed by atoms with Crippen LogP contribution < -0.4 is 0 Å². The Morgan fingerprint density at radius 3 is 2.36 bits per heavy atom. The summed E-state index contributed by atoms with van der Waals surface area (Å²) in [5.74, 6) is 1.18. The van der Waals surface area contributed by atoms with Crippen molar-refractivity contribution in [2.45, 2.75) is 51.4 Å². The van der Waals surface area contributed by atoms with Crippen molar-refractivity contribution in [1.29, 1.82) is 0 Å². The van der Waals surface area contributed by atoms with E-state index in [-0.39, 0.29) is 11.7 Å². The molecular formula is C22H23FN4O. The molecule has 1 aromatic carbocycles. The number of halogens is 1. The van der Waals surface area contributed by atoms with Gasteiger partial charge in [-0.1, -0.05) is 6.07 Å². The number of benzene rings is 1. The molecule has 1 aliphatic heterocycles. The highest BCUT2D eigenvalue weighted by atomic mass is 19.1. The second-order valence-electron chi connectivity index (χ2n) is 7.90. The van der Waals surface area contributed by atoms with Crippen molar-refractivity contribution in [3.05, 3.63) is 46.8 Å². The highest BCUT2D eigenvalue weighted by Crippen LogP contribution is 2.41. The second-order valence-corrected chi connectivity index (χ2v) is 7.90. The van der Waals surface area contributed by atoms with Gasteiger partial charge in [-0.25, -0.2) is 24.3 Å². The van der Waals surface area contributed by atoms with E-state index in [1.54, 1.807) is 6.07 Å². The highest BCUT2D eigenvalue weighted by molar-refractivity contribution is 5.87. The molecule has 0 N–H and O–H groups in total. The molecular weight excluding hydrogens is 355 g/mol. The molecule has 0 radical (unpaired) electrons. The molecule has 6 heteroatoms. The minimum absolute atomic E-state index is 0.203. The number of hydrogen-bond acceptors (Lipinski definition) is 5.